The number of carbonyl (C=O) groups is 2. The molecule has 1 aromatic carbocycles. The van der Waals surface area contributed by atoms with E-state index in [4.69, 9.17) is 0 Å². The number of nitro benzene ring substituents is 1. The molecule has 0 radical (unpaired) electrons. The van der Waals surface area contributed by atoms with E-state index in [0.29, 0.717) is 11.4 Å². The Morgan fingerprint density at radius 1 is 1.08 bits per heavy atom. The van der Waals surface area contributed by atoms with Crippen LogP contribution in [0.3, 0.4) is 0 Å². The Hall–Kier alpha value is -3.16. The minimum absolute atomic E-state index is 0.0293. The molecule has 8 heteroatoms. The molecule has 1 aliphatic heterocycles. The lowest BCUT2D eigenvalue weighted by molar-refractivity contribution is -0.385. The van der Waals surface area contributed by atoms with Gasteiger partial charge >= 0.3 is 11.9 Å². The minimum atomic E-state index is -1.68. The quantitative estimate of drug-likeness (QED) is 0.634. The van der Waals surface area contributed by atoms with E-state index < -0.39 is 22.3 Å². The molecule has 25 heavy (non-hydrogen) atoms. The molecule has 132 valence electrons. The third-order valence-electron chi connectivity index (χ3n) is 4.80. The lowest BCUT2D eigenvalue weighted by atomic mass is 9.66. The molecule has 1 aliphatic rings. The van der Waals surface area contributed by atoms with Crippen molar-refractivity contribution in [1.29, 1.82) is 0 Å². The highest BCUT2D eigenvalue weighted by molar-refractivity contribution is 6.00. The molecule has 0 saturated heterocycles. The van der Waals surface area contributed by atoms with E-state index in [1.807, 2.05) is 0 Å². The second-order valence-electron chi connectivity index (χ2n) is 5.99. The zero-order valence-corrected chi connectivity index (χ0v) is 14.2. The summed E-state index contributed by atoms with van der Waals surface area (Å²) in [4.78, 5) is 36.3. The van der Waals surface area contributed by atoms with Gasteiger partial charge in [-0.1, -0.05) is 18.2 Å². The first-order chi connectivity index (χ1) is 11.5. The van der Waals surface area contributed by atoms with Crippen molar-refractivity contribution >= 4 is 17.6 Å². The molecule has 2 rings (SSSR count). The van der Waals surface area contributed by atoms with E-state index in [0.717, 1.165) is 0 Å². The first-order valence-electron chi connectivity index (χ1n) is 7.42. The number of allylic oxidation sites excluding steroid dienone is 2. The van der Waals surface area contributed by atoms with E-state index in [-0.39, 0.29) is 22.4 Å². The first kappa shape index (κ1) is 18.2. The Kier molecular flexibility index (Phi) is 4.40. The van der Waals surface area contributed by atoms with Gasteiger partial charge in [0.05, 0.1) is 21.5 Å². The summed E-state index contributed by atoms with van der Waals surface area (Å²) < 4.78 is 0. The Balaban J connectivity index is 3.01. The van der Waals surface area contributed by atoms with E-state index in [1.54, 1.807) is 20.9 Å². The van der Waals surface area contributed by atoms with Crippen LogP contribution in [-0.2, 0) is 15.0 Å². The SMILES string of the molecule is CC1=C(C(=O)O)C(C)(c2ccccc2[N+](=O)[O-])C(C(=O)O)=C(C)N1C. The van der Waals surface area contributed by atoms with Crippen LogP contribution < -0.4 is 0 Å². The number of hydrogen-bond acceptors (Lipinski definition) is 5. The predicted molar refractivity (Wildman–Crippen MR) is 88.9 cm³/mol. The van der Waals surface area contributed by atoms with E-state index in [9.17, 15) is 29.9 Å². The van der Waals surface area contributed by atoms with Crippen molar-refractivity contribution in [1.82, 2.24) is 4.90 Å². The third-order valence-corrected chi connectivity index (χ3v) is 4.80. The molecule has 0 bridgehead atoms. The Labute approximate surface area is 143 Å². The van der Waals surface area contributed by atoms with Crippen LogP contribution in [0.1, 0.15) is 26.3 Å². The molecule has 1 heterocycles. The van der Waals surface area contributed by atoms with Gasteiger partial charge in [-0.15, -0.1) is 0 Å². The lowest BCUT2D eigenvalue weighted by Gasteiger charge is -2.41. The van der Waals surface area contributed by atoms with Crippen molar-refractivity contribution in [3.8, 4) is 0 Å². The van der Waals surface area contributed by atoms with Crippen molar-refractivity contribution in [2.45, 2.75) is 26.2 Å². The van der Waals surface area contributed by atoms with Crippen LogP contribution in [0.15, 0.2) is 46.8 Å². The van der Waals surface area contributed by atoms with Crippen LogP contribution in [0.2, 0.25) is 0 Å². The summed E-state index contributed by atoms with van der Waals surface area (Å²) in [6, 6.07) is 5.61. The molecule has 1 aromatic rings. The van der Waals surface area contributed by atoms with Crippen LogP contribution >= 0.6 is 0 Å². The molecule has 0 atom stereocenters. The predicted octanol–water partition coefficient (Wildman–Crippen LogP) is 2.52. The molecule has 0 unspecified atom stereocenters. The fourth-order valence-corrected chi connectivity index (χ4v) is 3.50. The standard InChI is InChI=1S/C17H18N2O6/c1-9-13(15(20)21)17(3,14(16(22)23)10(2)18(9)4)11-7-5-6-8-12(11)19(24)25/h5-8H,1-4H3,(H,20,21)(H,22,23). The summed E-state index contributed by atoms with van der Waals surface area (Å²) in [5, 5.41) is 31.0. The average Bonchev–Trinajstić information content (AvgIpc) is 2.52. The van der Waals surface area contributed by atoms with Gasteiger partial charge in [0.1, 0.15) is 0 Å². The van der Waals surface area contributed by atoms with Gasteiger partial charge in [-0.3, -0.25) is 10.1 Å². The fourth-order valence-electron chi connectivity index (χ4n) is 3.50. The van der Waals surface area contributed by atoms with Gasteiger partial charge in [0.2, 0.25) is 0 Å². The lowest BCUT2D eigenvalue weighted by Crippen LogP contribution is -2.43. The number of carboxylic acids is 2. The van der Waals surface area contributed by atoms with Crippen molar-refractivity contribution in [2.75, 3.05) is 7.05 Å². The van der Waals surface area contributed by atoms with Gasteiger partial charge in [0.15, 0.2) is 0 Å². The Bertz CT molecular complexity index is 814. The maximum atomic E-state index is 12.0. The summed E-state index contributed by atoms with van der Waals surface area (Å²) in [7, 11) is 1.57. The highest BCUT2D eigenvalue weighted by Crippen LogP contribution is 2.49. The molecule has 8 nitrogen and oxygen atoms in total. The van der Waals surface area contributed by atoms with Crippen LogP contribution in [0.25, 0.3) is 0 Å². The minimum Gasteiger partial charge on any atom is -0.478 e. The number of nitro groups is 1. The zero-order valence-electron chi connectivity index (χ0n) is 14.2. The van der Waals surface area contributed by atoms with Gasteiger partial charge in [-0.05, 0) is 20.8 Å². The number of para-hydroxylation sites is 1. The maximum Gasteiger partial charge on any atom is 0.334 e. The smallest absolute Gasteiger partial charge is 0.334 e. The molecule has 2 N–H and O–H groups in total. The van der Waals surface area contributed by atoms with Crippen molar-refractivity contribution in [3.63, 3.8) is 0 Å². The van der Waals surface area contributed by atoms with Crippen LogP contribution in [0, 0.1) is 10.1 Å². The summed E-state index contributed by atoms with van der Waals surface area (Å²) in [5.74, 6) is -2.65. The first-order valence-corrected chi connectivity index (χ1v) is 7.42. The molecule has 0 amide bonds. The summed E-state index contributed by atoms with van der Waals surface area (Å²) in [6.07, 6.45) is 0. The van der Waals surface area contributed by atoms with Crippen molar-refractivity contribution in [2.24, 2.45) is 0 Å². The fraction of sp³-hybridized carbons (Fsp3) is 0.294. The normalized spacial score (nSPS) is 16.9. The van der Waals surface area contributed by atoms with Crippen LogP contribution in [0.4, 0.5) is 5.69 Å². The van der Waals surface area contributed by atoms with Gasteiger partial charge in [0, 0.05) is 30.1 Å². The summed E-state index contributed by atoms with van der Waals surface area (Å²) >= 11 is 0. The van der Waals surface area contributed by atoms with Gasteiger partial charge in [0.25, 0.3) is 5.69 Å². The van der Waals surface area contributed by atoms with E-state index in [2.05, 4.69) is 0 Å². The van der Waals surface area contributed by atoms with Gasteiger partial charge < -0.3 is 15.1 Å². The molecular formula is C17H18N2O6. The van der Waals surface area contributed by atoms with Crippen molar-refractivity contribution in [3.05, 3.63) is 62.5 Å². The molecule has 0 spiro atoms. The molecule has 0 aromatic heterocycles. The maximum absolute atomic E-state index is 12.0. The van der Waals surface area contributed by atoms with Crippen LogP contribution in [-0.4, -0.2) is 39.0 Å². The monoisotopic (exact) mass is 346 g/mol. The number of carboxylic acid groups (broad SMARTS) is 2. The zero-order chi connectivity index (χ0) is 19.1. The summed E-state index contributed by atoms with van der Waals surface area (Å²) in [5.41, 5.74) is -1.72. The highest BCUT2D eigenvalue weighted by Gasteiger charge is 2.50. The van der Waals surface area contributed by atoms with E-state index >= 15 is 0 Å². The van der Waals surface area contributed by atoms with Crippen LogP contribution in [0.5, 0.6) is 0 Å². The van der Waals surface area contributed by atoms with E-state index in [1.165, 1.54) is 36.1 Å². The summed E-state index contributed by atoms with van der Waals surface area (Å²) in [6.45, 7) is 4.51. The molecule has 0 fully saturated rings. The largest absolute Gasteiger partial charge is 0.478 e. The Morgan fingerprint density at radius 2 is 1.52 bits per heavy atom. The molecule has 0 aliphatic carbocycles. The second kappa shape index (κ2) is 6.04. The number of hydrogen-bond donors (Lipinski definition) is 2. The number of aliphatic carboxylic acids is 2. The molecular weight excluding hydrogens is 328 g/mol. The highest BCUT2D eigenvalue weighted by atomic mass is 16.6. The average molecular weight is 346 g/mol. The number of benzene rings is 1. The Morgan fingerprint density at radius 3 is 1.92 bits per heavy atom. The van der Waals surface area contributed by atoms with Crippen molar-refractivity contribution < 1.29 is 24.7 Å². The second-order valence-corrected chi connectivity index (χ2v) is 5.99. The number of rotatable bonds is 4. The third kappa shape index (κ3) is 2.55. The number of nitrogens with zero attached hydrogens (tertiary/aromatic N) is 2. The van der Waals surface area contributed by atoms with Gasteiger partial charge in [-0.2, -0.15) is 0 Å². The van der Waals surface area contributed by atoms with Gasteiger partial charge in [-0.25, -0.2) is 9.59 Å². The topological polar surface area (TPSA) is 121 Å². The molecule has 0 saturated carbocycles.